The minimum atomic E-state index is -0.610. The van der Waals surface area contributed by atoms with E-state index in [0.717, 1.165) is 12.8 Å². The molecule has 2 fully saturated rings. The van der Waals surface area contributed by atoms with Gasteiger partial charge < -0.3 is 29.2 Å². The molecule has 1 aromatic heterocycles. The fourth-order valence-electron chi connectivity index (χ4n) is 5.82. The maximum absolute atomic E-state index is 13.2. The Morgan fingerprint density at radius 1 is 1.06 bits per heavy atom. The number of methoxy groups -OCH3 is 1. The molecule has 0 spiro atoms. The Bertz CT molecular complexity index is 1280. The van der Waals surface area contributed by atoms with Gasteiger partial charge in [0.2, 0.25) is 5.43 Å². The van der Waals surface area contributed by atoms with Crippen molar-refractivity contribution in [3.63, 3.8) is 0 Å². The number of phenolic OH excluding ortho intramolecular Hbond substituents is 3. The quantitative estimate of drug-likeness (QED) is 0.425. The molecule has 7 nitrogen and oxygen atoms in total. The van der Waals surface area contributed by atoms with Crippen LogP contribution in [0.5, 0.6) is 23.0 Å². The van der Waals surface area contributed by atoms with E-state index >= 15 is 0 Å². The van der Waals surface area contributed by atoms with E-state index in [2.05, 4.69) is 20.8 Å². The lowest BCUT2D eigenvalue weighted by Crippen LogP contribution is -2.41. The summed E-state index contributed by atoms with van der Waals surface area (Å²) in [7, 11) is 1.50. The highest BCUT2D eigenvalue weighted by Gasteiger charge is 2.60. The second-order valence-electron chi connectivity index (χ2n) is 9.56. The van der Waals surface area contributed by atoms with Crippen LogP contribution >= 0.6 is 0 Å². The normalized spacial score (nSPS) is 26.7. The largest absolute Gasteiger partial charge is 0.507 e. The molecule has 31 heavy (non-hydrogen) atoms. The van der Waals surface area contributed by atoms with Crippen LogP contribution in [0.3, 0.4) is 0 Å². The molecule has 164 valence electrons. The minimum Gasteiger partial charge on any atom is -0.507 e. The topological polar surface area (TPSA) is 109 Å². The van der Waals surface area contributed by atoms with Crippen molar-refractivity contribution in [3.05, 3.63) is 34.0 Å². The van der Waals surface area contributed by atoms with Crippen molar-refractivity contribution in [2.75, 3.05) is 7.11 Å². The lowest BCUT2D eigenvalue weighted by molar-refractivity contribution is 0.00597. The van der Waals surface area contributed by atoms with Gasteiger partial charge in [0.15, 0.2) is 11.3 Å². The Labute approximate surface area is 178 Å². The van der Waals surface area contributed by atoms with Crippen LogP contribution in [0.4, 0.5) is 0 Å². The molecule has 0 amide bonds. The van der Waals surface area contributed by atoms with Crippen LogP contribution in [0.15, 0.2) is 27.4 Å². The predicted octanol–water partition coefficient (Wildman–Crippen LogP) is 4.21. The molecule has 3 N–H and O–H groups in total. The van der Waals surface area contributed by atoms with Crippen molar-refractivity contribution in [1.29, 1.82) is 0 Å². The molecule has 2 bridgehead atoms. The molecule has 0 unspecified atom stereocenters. The highest BCUT2D eigenvalue weighted by molar-refractivity contribution is 5.99. The van der Waals surface area contributed by atoms with Crippen LogP contribution in [0.1, 0.15) is 39.2 Å². The molecule has 3 heterocycles. The fourth-order valence-corrected chi connectivity index (χ4v) is 5.82. The van der Waals surface area contributed by atoms with Crippen molar-refractivity contribution in [1.82, 2.24) is 0 Å². The highest BCUT2D eigenvalue weighted by Crippen LogP contribution is 2.59. The molecule has 2 aliphatic rings. The summed E-state index contributed by atoms with van der Waals surface area (Å²) in [6, 6.07) is 3.89. The maximum Gasteiger partial charge on any atom is 0.208 e. The van der Waals surface area contributed by atoms with Gasteiger partial charge in [0.05, 0.1) is 18.8 Å². The molecule has 3 aromatic rings. The summed E-state index contributed by atoms with van der Waals surface area (Å²) in [6.07, 6.45) is 2.63. The molecule has 2 aromatic carbocycles. The maximum atomic E-state index is 13.2. The summed E-state index contributed by atoms with van der Waals surface area (Å²) in [5, 5.41) is 30.9. The molecule has 7 heteroatoms. The van der Waals surface area contributed by atoms with Crippen molar-refractivity contribution in [2.45, 2.75) is 51.7 Å². The zero-order valence-electron chi connectivity index (χ0n) is 18.0. The molecule has 2 saturated heterocycles. The summed E-state index contributed by atoms with van der Waals surface area (Å²) in [4.78, 5) is 13.2. The molecular formula is C24H26O7. The molecule has 0 radical (unpaired) electrons. The molecule has 2 aliphatic heterocycles. The molecule has 5 rings (SSSR count). The number of ether oxygens (including phenoxy) is 2. The number of phenols is 3. The van der Waals surface area contributed by atoms with E-state index in [9.17, 15) is 20.1 Å². The van der Waals surface area contributed by atoms with Gasteiger partial charge in [-0.2, -0.15) is 0 Å². The zero-order chi connectivity index (χ0) is 22.3. The fraction of sp³-hybridized carbons (Fsp3) is 0.458. The van der Waals surface area contributed by atoms with Gasteiger partial charge in [-0.25, -0.2) is 0 Å². The van der Waals surface area contributed by atoms with E-state index in [-0.39, 0.29) is 62.2 Å². The van der Waals surface area contributed by atoms with Gasteiger partial charge in [0.25, 0.3) is 0 Å². The van der Waals surface area contributed by atoms with Crippen LogP contribution in [0.25, 0.3) is 21.9 Å². The second kappa shape index (κ2) is 6.29. The Hall–Kier alpha value is -2.93. The number of benzene rings is 2. The van der Waals surface area contributed by atoms with E-state index in [1.165, 1.54) is 25.3 Å². The number of rotatable bonds is 3. The average molecular weight is 426 g/mol. The Morgan fingerprint density at radius 3 is 2.39 bits per heavy atom. The molecule has 0 aliphatic carbocycles. The molecule has 3 atom stereocenters. The van der Waals surface area contributed by atoms with Crippen LogP contribution < -0.4 is 10.2 Å². The lowest BCUT2D eigenvalue weighted by atomic mass is 9.62. The SMILES string of the molecule is COc1cc(O)c2c(=O)c3c(O)ccc(O)c3oc2c1C[C@@H]1C(C)(C)[C@H]2CC[C@]1(C)O2. The third-order valence-corrected chi connectivity index (χ3v) is 7.50. The summed E-state index contributed by atoms with van der Waals surface area (Å²) in [5.41, 5.74) is -0.354. The van der Waals surface area contributed by atoms with E-state index in [0.29, 0.717) is 17.7 Å². The standard InChI is InChI=1S/C24H26O7/c1-23(2)16(24(3)8-7-17(23)31-24)9-11-15(29-4)10-14(27)19-20(28)18-12(25)5-6-13(26)22(18)30-21(11)19/h5-6,10,16-17,25-27H,7-9H2,1-4H3/t16-,17-,24+/m1/s1. The number of hydrogen-bond donors (Lipinski definition) is 3. The van der Waals surface area contributed by atoms with Gasteiger partial charge in [-0.05, 0) is 49.7 Å². The van der Waals surface area contributed by atoms with Gasteiger partial charge in [-0.1, -0.05) is 13.8 Å². The Morgan fingerprint density at radius 2 is 1.74 bits per heavy atom. The highest BCUT2D eigenvalue weighted by atomic mass is 16.5. The van der Waals surface area contributed by atoms with Crippen molar-refractivity contribution in [2.24, 2.45) is 11.3 Å². The summed E-state index contributed by atoms with van der Waals surface area (Å²) in [6.45, 7) is 6.51. The number of aromatic hydroxyl groups is 3. The van der Waals surface area contributed by atoms with Gasteiger partial charge in [-0.3, -0.25) is 4.79 Å². The van der Waals surface area contributed by atoms with E-state index in [4.69, 9.17) is 13.9 Å². The van der Waals surface area contributed by atoms with Crippen molar-refractivity contribution >= 4 is 21.9 Å². The van der Waals surface area contributed by atoms with Crippen LogP contribution in [0, 0.1) is 11.3 Å². The number of fused-ring (bicyclic) bond motifs is 4. The van der Waals surface area contributed by atoms with E-state index in [1.54, 1.807) is 0 Å². The summed E-state index contributed by atoms with van der Waals surface area (Å²) in [5.74, 6) is -0.372. The first-order valence-corrected chi connectivity index (χ1v) is 10.5. The zero-order valence-corrected chi connectivity index (χ0v) is 18.0. The van der Waals surface area contributed by atoms with Crippen LogP contribution in [0.2, 0.25) is 0 Å². The smallest absolute Gasteiger partial charge is 0.208 e. The summed E-state index contributed by atoms with van der Waals surface area (Å²) < 4.78 is 17.9. The number of hydrogen-bond acceptors (Lipinski definition) is 7. The first-order valence-electron chi connectivity index (χ1n) is 10.5. The third kappa shape index (κ3) is 2.59. The monoisotopic (exact) mass is 426 g/mol. The van der Waals surface area contributed by atoms with Crippen molar-refractivity contribution < 1.29 is 29.2 Å². The van der Waals surface area contributed by atoms with Crippen LogP contribution in [-0.2, 0) is 11.2 Å². The average Bonchev–Trinajstić information content (AvgIpc) is 3.19. The van der Waals surface area contributed by atoms with Crippen LogP contribution in [-0.4, -0.2) is 34.1 Å². The Balaban J connectivity index is 1.81. The van der Waals surface area contributed by atoms with Gasteiger partial charge >= 0.3 is 0 Å². The van der Waals surface area contributed by atoms with Gasteiger partial charge in [-0.15, -0.1) is 0 Å². The van der Waals surface area contributed by atoms with E-state index in [1.807, 2.05) is 0 Å². The van der Waals surface area contributed by atoms with E-state index < -0.39 is 5.43 Å². The first-order chi connectivity index (χ1) is 14.6. The molecule has 0 saturated carbocycles. The van der Waals surface area contributed by atoms with Gasteiger partial charge in [0, 0.05) is 11.6 Å². The first kappa shape index (κ1) is 20.0. The lowest BCUT2D eigenvalue weighted by Gasteiger charge is -2.39. The third-order valence-electron chi connectivity index (χ3n) is 7.50. The molecular weight excluding hydrogens is 400 g/mol. The minimum absolute atomic E-state index is 0.0452. The van der Waals surface area contributed by atoms with Gasteiger partial charge in [0.1, 0.15) is 33.6 Å². The Kier molecular flexibility index (Phi) is 4.06. The predicted molar refractivity (Wildman–Crippen MR) is 115 cm³/mol. The second-order valence-corrected chi connectivity index (χ2v) is 9.56. The summed E-state index contributed by atoms with van der Waals surface area (Å²) >= 11 is 0. The van der Waals surface area contributed by atoms with Crippen molar-refractivity contribution in [3.8, 4) is 23.0 Å².